The van der Waals surface area contributed by atoms with Gasteiger partial charge >= 0.3 is 0 Å². The first-order chi connectivity index (χ1) is 7.63. The van der Waals surface area contributed by atoms with Crippen molar-refractivity contribution < 1.29 is 5.11 Å². The predicted molar refractivity (Wildman–Crippen MR) is 72.8 cm³/mol. The van der Waals surface area contributed by atoms with Crippen molar-refractivity contribution in [1.82, 2.24) is 0 Å². The molecule has 16 heavy (non-hydrogen) atoms. The van der Waals surface area contributed by atoms with Crippen LogP contribution < -0.4 is 4.90 Å². The molecule has 3 heteroatoms. The Balaban J connectivity index is 3.02. The molecule has 0 spiro atoms. The zero-order chi connectivity index (χ0) is 12.1. The molecule has 2 nitrogen and oxygen atoms in total. The van der Waals surface area contributed by atoms with Gasteiger partial charge in [-0.3, -0.25) is 0 Å². The third kappa shape index (κ3) is 2.98. The number of hydrogen-bond donors (Lipinski definition) is 1. The van der Waals surface area contributed by atoms with Crippen molar-refractivity contribution in [2.24, 2.45) is 0 Å². The highest BCUT2D eigenvalue weighted by molar-refractivity contribution is 9.10. The first-order valence-corrected chi connectivity index (χ1v) is 6.55. The maximum Gasteiger partial charge on any atom is 0.0702 e. The predicted octanol–water partition coefficient (Wildman–Crippen LogP) is 3.57. The van der Waals surface area contributed by atoms with Crippen LogP contribution in [0.25, 0.3) is 0 Å². The first-order valence-electron chi connectivity index (χ1n) is 5.76. The van der Waals surface area contributed by atoms with Gasteiger partial charge in [-0.1, -0.05) is 29.8 Å². The van der Waals surface area contributed by atoms with Gasteiger partial charge < -0.3 is 10.0 Å². The third-order valence-corrected chi connectivity index (χ3v) is 3.58. The lowest BCUT2D eigenvalue weighted by Gasteiger charge is -2.30. The van der Waals surface area contributed by atoms with Crippen LogP contribution in [-0.2, 0) is 6.61 Å². The number of hydrogen-bond acceptors (Lipinski definition) is 2. The summed E-state index contributed by atoms with van der Waals surface area (Å²) in [6, 6.07) is 6.60. The van der Waals surface area contributed by atoms with Crippen LogP contribution in [0.15, 0.2) is 22.7 Å². The highest BCUT2D eigenvalue weighted by atomic mass is 79.9. The lowest BCUT2D eigenvalue weighted by molar-refractivity contribution is 0.282. The Morgan fingerprint density at radius 2 is 1.94 bits per heavy atom. The normalized spacial score (nSPS) is 10.9. The lowest BCUT2D eigenvalue weighted by atomic mass is 10.1. The van der Waals surface area contributed by atoms with Crippen LogP contribution in [0.1, 0.15) is 32.3 Å². The van der Waals surface area contributed by atoms with E-state index in [1.807, 2.05) is 12.1 Å². The minimum Gasteiger partial charge on any atom is -0.392 e. The Hall–Kier alpha value is -0.540. The van der Waals surface area contributed by atoms with Gasteiger partial charge in [0.2, 0.25) is 0 Å². The van der Waals surface area contributed by atoms with E-state index in [1.165, 1.54) is 0 Å². The van der Waals surface area contributed by atoms with Crippen molar-refractivity contribution in [2.45, 2.75) is 39.3 Å². The molecular weight excluding hydrogens is 266 g/mol. The summed E-state index contributed by atoms with van der Waals surface area (Å²) in [5, 5.41) is 9.37. The molecule has 0 fully saturated rings. The second-order valence-corrected chi connectivity index (χ2v) is 4.93. The average Bonchev–Trinajstić information content (AvgIpc) is 2.30. The molecule has 0 radical (unpaired) electrons. The van der Waals surface area contributed by atoms with Crippen molar-refractivity contribution in [1.29, 1.82) is 0 Å². The van der Waals surface area contributed by atoms with Crippen LogP contribution in [0.3, 0.4) is 0 Å². The molecule has 0 saturated heterocycles. The number of aliphatic hydroxyl groups excluding tert-OH is 1. The minimum absolute atomic E-state index is 0.0826. The summed E-state index contributed by atoms with van der Waals surface area (Å²) in [7, 11) is 2.10. The molecule has 0 aromatic heterocycles. The van der Waals surface area contributed by atoms with Gasteiger partial charge in [-0.2, -0.15) is 0 Å². The van der Waals surface area contributed by atoms with Crippen LogP contribution in [0.2, 0.25) is 0 Å². The molecule has 0 aliphatic carbocycles. The number of nitrogens with zero attached hydrogens (tertiary/aromatic N) is 1. The summed E-state index contributed by atoms with van der Waals surface area (Å²) in [6.45, 7) is 4.48. The fraction of sp³-hybridized carbons (Fsp3) is 0.538. The van der Waals surface area contributed by atoms with Gasteiger partial charge in [0.15, 0.2) is 0 Å². The van der Waals surface area contributed by atoms with Gasteiger partial charge in [0.1, 0.15) is 0 Å². The smallest absolute Gasteiger partial charge is 0.0702 e. The van der Waals surface area contributed by atoms with E-state index in [2.05, 4.69) is 47.8 Å². The summed E-state index contributed by atoms with van der Waals surface area (Å²) in [4.78, 5) is 2.26. The van der Waals surface area contributed by atoms with Crippen LogP contribution in [0, 0.1) is 0 Å². The first kappa shape index (κ1) is 13.5. The minimum atomic E-state index is 0.0826. The quantitative estimate of drug-likeness (QED) is 0.894. The van der Waals surface area contributed by atoms with Crippen molar-refractivity contribution in [3.63, 3.8) is 0 Å². The SMILES string of the molecule is CCC(CC)N(C)c1ccc(Br)cc1CO. The highest BCUT2D eigenvalue weighted by Gasteiger charge is 2.14. The summed E-state index contributed by atoms with van der Waals surface area (Å²) in [6.07, 6.45) is 2.24. The lowest BCUT2D eigenvalue weighted by Crippen LogP contribution is -2.31. The van der Waals surface area contributed by atoms with Crippen molar-refractivity contribution in [2.75, 3.05) is 11.9 Å². The largest absolute Gasteiger partial charge is 0.392 e. The molecule has 0 aliphatic rings. The van der Waals surface area contributed by atoms with Gasteiger partial charge in [-0.05, 0) is 31.0 Å². The standard InChI is InChI=1S/C13H20BrNO/c1-4-12(5-2)15(3)13-7-6-11(14)8-10(13)9-16/h6-8,12,16H,4-5,9H2,1-3H3. The fourth-order valence-corrected chi connectivity index (χ4v) is 2.47. The molecule has 0 unspecified atom stereocenters. The fourth-order valence-electron chi connectivity index (χ4n) is 2.06. The summed E-state index contributed by atoms with van der Waals surface area (Å²) >= 11 is 3.43. The van der Waals surface area contributed by atoms with Crippen LogP contribution in [0.5, 0.6) is 0 Å². The average molecular weight is 286 g/mol. The Morgan fingerprint density at radius 1 is 1.31 bits per heavy atom. The van der Waals surface area contributed by atoms with E-state index in [0.717, 1.165) is 28.6 Å². The number of halogens is 1. The second-order valence-electron chi connectivity index (χ2n) is 4.01. The molecule has 0 amide bonds. The topological polar surface area (TPSA) is 23.5 Å². The van der Waals surface area contributed by atoms with Gasteiger partial charge in [-0.25, -0.2) is 0 Å². The summed E-state index contributed by atoms with van der Waals surface area (Å²) in [5.74, 6) is 0. The van der Waals surface area contributed by atoms with Gasteiger partial charge in [0, 0.05) is 28.8 Å². The van der Waals surface area contributed by atoms with E-state index in [0.29, 0.717) is 6.04 Å². The summed E-state index contributed by atoms with van der Waals surface area (Å²) < 4.78 is 1.01. The van der Waals surface area contributed by atoms with E-state index < -0.39 is 0 Å². The van der Waals surface area contributed by atoms with Gasteiger partial charge in [-0.15, -0.1) is 0 Å². The Kier molecular flexibility index (Phi) is 5.29. The Bertz CT molecular complexity index is 337. The Morgan fingerprint density at radius 3 is 2.44 bits per heavy atom. The zero-order valence-electron chi connectivity index (χ0n) is 10.2. The van der Waals surface area contributed by atoms with Crippen molar-refractivity contribution in [3.8, 4) is 0 Å². The van der Waals surface area contributed by atoms with E-state index in [-0.39, 0.29) is 6.61 Å². The zero-order valence-corrected chi connectivity index (χ0v) is 11.8. The molecule has 1 N–H and O–H groups in total. The van der Waals surface area contributed by atoms with Crippen LogP contribution in [-0.4, -0.2) is 18.2 Å². The molecule has 0 heterocycles. The van der Waals surface area contributed by atoms with E-state index in [1.54, 1.807) is 0 Å². The molecule has 1 aromatic carbocycles. The third-order valence-electron chi connectivity index (χ3n) is 3.08. The molecule has 0 saturated carbocycles. The number of rotatable bonds is 5. The van der Waals surface area contributed by atoms with E-state index in [9.17, 15) is 5.11 Å². The molecule has 90 valence electrons. The maximum absolute atomic E-state index is 9.37. The molecule has 0 atom stereocenters. The Labute approximate surface area is 106 Å². The van der Waals surface area contributed by atoms with Gasteiger partial charge in [0.25, 0.3) is 0 Å². The highest BCUT2D eigenvalue weighted by Crippen LogP contribution is 2.26. The monoisotopic (exact) mass is 285 g/mol. The summed E-state index contributed by atoms with van der Waals surface area (Å²) in [5.41, 5.74) is 2.10. The van der Waals surface area contributed by atoms with E-state index >= 15 is 0 Å². The molecule has 1 rings (SSSR count). The van der Waals surface area contributed by atoms with Crippen LogP contribution in [0.4, 0.5) is 5.69 Å². The van der Waals surface area contributed by atoms with Crippen molar-refractivity contribution >= 4 is 21.6 Å². The second kappa shape index (κ2) is 6.26. The molecule has 0 aliphatic heterocycles. The van der Waals surface area contributed by atoms with Crippen LogP contribution >= 0.6 is 15.9 Å². The molecule has 1 aromatic rings. The molecular formula is C13H20BrNO. The van der Waals surface area contributed by atoms with E-state index in [4.69, 9.17) is 0 Å². The number of aliphatic hydroxyl groups is 1. The van der Waals surface area contributed by atoms with Gasteiger partial charge in [0.05, 0.1) is 6.61 Å². The maximum atomic E-state index is 9.37. The van der Waals surface area contributed by atoms with Crippen molar-refractivity contribution in [3.05, 3.63) is 28.2 Å². The number of benzene rings is 1. The molecule has 0 bridgehead atoms. The number of anilines is 1.